The first-order valence-electron chi connectivity index (χ1n) is 6.79. The standard InChI is InChI=1S/C16H25NO3/c1-11-6-7-12(8-13(11)15(2,3)4)9-17-16(5,10-18)14(19)20/h6-8,17-18H,9-10H2,1-5H3,(H,19,20). The van der Waals surface area contributed by atoms with Gasteiger partial charge in [-0.2, -0.15) is 0 Å². The summed E-state index contributed by atoms with van der Waals surface area (Å²) in [6.45, 7) is 9.99. The van der Waals surface area contributed by atoms with Crippen molar-refractivity contribution in [2.24, 2.45) is 0 Å². The minimum absolute atomic E-state index is 0.0488. The Hall–Kier alpha value is -1.39. The Kier molecular flexibility index (Phi) is 4.95. The van der Waals surface area contributed by atoms with Crippen LogP contribution in [0.4, 0.5) is 0 Å². The number of carboxylic acid groups (broad SMARTS) is 1. The van der Waals surface area contributed by atoms with Crippen molar-refractivity contribution in [2.75, 3.05) is 6.61 Å². The van der Waals surface area contributed by atoms with Crippen molar-refractivity contribution in [2.45, 2.75) is 52.1 Å². The van der Waals surface area contributed by atoms with E-state index in [1.165, 1.54) is 18.1 Å². The van der Waals surface area contributed by atoms with E-state index in [-0.39, 0.29) is 5.41 Å². The second-order valence-electron chi connectivity index (χ2n) is 6.55. The summed E-state index contributed by atoms with van der Waals surface area (Å²) < 4.78 is 0. The average molecular weight is 279 g/mol. The zero-order valence-corrected chi connectivity index (χ0v) is 12.9. The van der Waals surface area contributed by atoms with Gasteiger partial charge in [-0.05, 0) is 36.0 Å². The average Bonchev–Trinajstić information content (AvgIpc) is 2.35. The third-order valence-corrected chi connectivity index (χ3v) is 3.58. The van der Waals surface area contributed by atoms with E-state index in [1.54, 1.807) is 0 Å². The Balaban J connectivity index is 2.93. The molecule has 0 fully saturated rings. The molecule has 0 radical (unpaired) electrons. The van der Waals surface area contributed by atoms with Crippen LogP contribution in [0.3, 0.4) is 0 Å². The minimum atomic E-state index is -1.31. The first kappa shape index (κ1) is 16.7. The molecule has 0 aromatic heterocycles. The largest absolute Gasteiger partial charge is 0.480 e. The fourth-order valence-electron chi connectivity index (χ4n) is 2.08. The van der Waals surface area contributed by atoms with Crippen LogP contribution in [-0.4, -0.2) is 28.3 Å². The van der Waals surface area contributed by atoms with E-state index in [4.69, 9.17) is 5.11 Å². The molecule has 4 nitrogen and oxygen atoms in total. The fraction of sp³-hybridized carbons (Fsp3) is 0.562. The van der Waals surface area contributed by atoms with E-state index < -0.39 is 18.1 Å². The van der Waals surface area contributed by atoms with Crippen molar-refractivity contribution < 1.29 is 15.0 Å². The van der Waals surface area contributed by atoms with Gasteiger partial charge in [0.25, 0.3) is 0 Å². The molecular weight excluding hydrogens is 254 g/mol. The second kappa shape index (κ2) is 5.94. The molecule has 4 heteroatoms. The molecule has 0 aliphatic carbocycles. The van der Waals surface area contributed by atoms with Gasteiger partial charge in [0, 0.05) is 6.54 Å². The molecule has 0 aliphatic heterocycles. The van der Waals surface area contributed by atoms with Crippen LogP contribution >= 0.6 is 0 Å². The number of rotatable bonds is 5. The number of hydrogen-bond donors (Lipinski definition) is 3. The summed E-state index contributed by atoms with van der Waals surface area (Å²) in [5.41, 5.74) is 2.23. The van der Waals surface area contributed by atoms with Crippen molar-refractivity contribution >= 4 is 5.97 Å². The van der Waals surface area contributed by atoms with Crippen LogP contribution in [0, 0.1) is 6.92 Å². The molecule has 0 aliphatic rings. The molecule has 0 saturated carbocycles. The fourth-order valence-corrected chi connectivity index (χ4v) is 2.08. The molecule has 1 atom stereocenters. The van der Waals surface area contributed by atoms with E-state index in [9.17, 15) is 9.90 Å². The van der Waals surface area contributed by atoms with Crippen LogP contribution in [0.2, 0.25) is 0 Å². The summed E-state index contributed by atoms with van der Waals surface area (Å²) in [7, 11) is 0. The maximum atomic E-state index is 11.1. The van der Waals surface area contributed by atoms with Crippen LogP contribution < -0.4 is 5.32 Å². The van der Waals surface area contributed by atoms with Gasteiger partial charge in [-0.25, -0.2) is 0 Å². The number of nitrogens with one attached hydrogen (secondary N) is 1. The molecule has 1 aromatic carbocycles. The molecule has 1 rings (SSSR count). The summed E-state index contributed by atoms with van der Waals surface area (Å²) in [5.74, 6) is -1.05. The lowest BCUT2D eigenvalue weighted by Crippen LogP contribution is -2.52. The molecule has 1 aromatic rings. The van der Waals surface area contributed by atoms with Crippen molar-refractivity contribution in [3.05, 3.63) is 34.9 Å². The monoisotopic (exact) mass is 279 g/mol. The topological polar surface area (TPSA) is 69.6 Å². The SMILES string of the molecule is Cc1ccc(CNC(C)(CO)C(=O)O)cc1C(C)(C)C. The summed E-state index contributed by atoms with van der Waals surface area (Å²) in [5, 5.41) is 21.2. The van der Waals surface area contributed by atoms with Crippen LogP contribution in [0.15, 0.2) is 18.2 Å². The highest BCUT2D eigenvalue weighted by Crippen LogP contribution is 2.26. The number of aliphatic carboxylic acids is 1. The van der Waals surface area contributed by atoms with Crippen molar-refractivity contribution in [1.82, 2.24) is 5.32 Å². The number of hydrogen-bond acceptors (Lipinski definition) is 3. The van der Waals surface area contributed by atoms with Gasteiger partial charge in [0.2, 0.25) is 0 Å². The van der Waals surface area contributed by atoms with E-state index in [0.29, 0.717) is 6.54 Å². The van der Waals surface area contributed by atoms with Gasteiger partial charge in [0.05, 0.1) is 6.61 Å². The van der Waals surface area contributed by atoms with Gasteiger partial charge in [-0.15, -0.1) is 0 Å². The van der Waals surface area contributed by atoms with Crippen molar-refractivity contribution in [3.63, 3.8) is 0 Å². The minimum Gasteiger partial charge on any atom is -0.480 e. The van der Waals surface area contributed by atoms with Gasteiger partial charge in [0.15, 0.2) is 0 Å². The summed E-state index contributed by atoms with van der Waals surface area (Å²) in [6, 6.07) is 6.13. The highest BCUT2D eigenvalue weighted by molar-refractivity contribution is 5.78. The third-order valence-electron chi connectivity index (χ3n) is 3.58. The molecule has 0 amide bonds. The summed E-state index contributed by atoms with van der Waals surface area (Å²) >= 11 is 0. The molecule has 0 spiro atoms. The van der Waals surface area contributed by atoms with Crippen LogP contribution in [0.1, 0.15) is 44.4 Å². The molecular formula is C16H25NO3. The van der Waals surface area contributed by atoms with Crippen LogP contribution in [-0.2, 0) is 16.8 Å². The van der Waals surface area contributed by atoms with Crippen molar-refractivity contribution in [1.29, 1.82) is 0 Å². The molecule has 1 unspecified atom stereocenters. The Morgan fingerprint density at radius 3 is 2.30 bits per heavy atom. The quantitative estimate of drug-likeness (QED) is 0.773. The highest BCUT2D eigenvalue weighted by atomic mass is 16.4. The lowest BCUT2D eigenvalue weighted by atomic mass is 9.83. The Labute approximate surface area is 120 Å². The van der Waals surface area contributed by atoms with Gasteiger partial charge in [-0.1, -0.05) is 39.0 Å². The maximum Gasteiger partial charge on any atom is 0.326 e. The number of carbonyl (C=O) groups is 1. The number of benzene rings is 1. The number of carboxylic acids is 1. The molecule has 3 N–H and O–H groups in total. The second-order valence-corrected chi connectivity index (χ2v) is 6.55. The molecule has 112 valence electrons. The number of aliphatic hydroxyl groups is 1. The van der Waals surface area contributed by atoms with E-state index in [1.807, 2.05) is 6.07 Å². The number of aryl methyl sites for hydroxylation is 1. The molecule has 0 saturated heterocycles. The molecule has 0 bridgehead atoms. The smallest absolute Gasteiger partial charge is 0.326 e. The number of aliphatic hydroxyl groups excluding tert-OH is 1. The first-order chi connectivity index (χ1) is 9.10. The molecule has 0 heterocycles. The van der Waals surface area contributed by atoms with Gasteiger partial charge in [-0.3, -0.25) is 10.1 Å². The Morgan fingerprint density at radius 1 is 1.25 bits per heavy atom. The van der Waals surface area contributed by atoms with Gasteiger partial charge >= 0.3 is 5.97 Å². The van der Waals surface area contributed by atoms with Gasteiger partial charge in [0.1, 0.15) is 5.54 Å². The predicted octanol–water partition coefficient (Wildman–Crippen LogP) is 2.22. The normalized spacial score (nSPS) is 14.9. The van der Waals surface area contributed by atoms with Crippen LogP contribution in [0.5, 0.6) is 0 Å². The zero-order chi connectivity index (χ0) is 15.6. The highest BCUT2D eigenvalue weighted by Gasteiger charge is 2.31. The lowest BCUT2D eigenvalue weighted by Gasteiger charge is -2.25. The summed E-state index contributed by atoms with van der Waals surface area (Å²) in [6.07, 6.45) is 0. The Morgan fingerprint density at radius 2 is 1.85 bits per heavy atom. The summed E-state index contributed by atoms with van der Waals surface area (Å²) in [4.78, 5) is 11.1. The third kappa shape index (κ3) is 3.81. The maximum absolute atomic E-state index is 11.1. The lowest BCUT2D eigenvalue weighted by molar-refractivity contribution is -0.145. The van der Waals surface area contributed by atoms with E-state index in [0.717, 1.165) is 5.56 Å². The van der Waals surface area contributed by atoms with E-state index in [2.05, 4.69) is 45.1 Å². The van der Waals surface area contributed by atoms with Crippen molar-refractivity contribution in [3.8, 4) is 0 Å². The molecule has 20 heavy (non-hydrogen) atoms. The van der Waals surface area contributed by atoms with Gasteiger partial charge < -0.3 is 10.2 Å². The zero-order valence-electron chi connectivity index (χ0n) is 12.9. The Bertz CT molecular complexity index is 491. The van der Waals surface area contributed by atoms with E-state index >= 15 is 0 Å². The first-order valence-corrected chi connectivity index (χ1v) is 6.79. The predicted molar refractivity (Wildman–Crippen MR) is 79.8 cm³/mol. The van der Waals surface area contributed by atoms with Crippen LogP contribution in [0.25, 0.3) is 0 Å².